The van der Waals surface area contributed by atoms with E-state index in [0.29, 0.717) is 11.8 Å². The molecule has 0 saturated carbocycles. The zero-order valence-electron chi connectivity index (χ0n) is 27.1. The third-order valence-electron chi connectivity index (χ3n) is 10.4. The Labute approximate surface area is 270 Å². The van der Waals surface area contributed by atoms with E-state index in [9.17, 15) is 0 Å². The van der Waals surface area contributed by atoms with Crippen molar-refractivity contribution in [3.63, 3.8) is 0 Å². The Kier molecular flexibility index (Phi) is 5.68. The molecule has 0 radical (unpaired) electrons. The number of aromatic nitrogens is 4. The first kappa shape index (κ1) is 27.1. The third-order valence-corrected chi connectivity index (χ3v) is 10.4. The van der Waals surface area contributed by atoms with Crippen molar-refractivity contribution >= 4 is 11.0 Å². The van der Waals surface area contributed by atoms with E-state index in [2.05, 4.69) is 181 Å². The quantitative estimate of drug-likeness (QED) is 0.180. The van der Waals surface area contributed by atoms with Crippen LogP contribution in [0.2, 0.25) is 0 Å². The second-order valence-corrected chi connectivity index (χ2v) is 13.5. The molecule has 1 spiro atoms. The highest BCUT2D eigenvalue weighted by atomic mass is 15.4. The van der Waals surface area contributed by atoms with Gasteiger partial charge in [0.1, 0.15) is 18.1 Å². The molecule has 5 aromatic carbocycles. The normalized spacial score (nSPS) is 16.0. The monoisotopic (exact) mass is 598 g/mol. The van der Waals surface area contributed by atoms with Crippen LogP contribution in [-0.4, -0.2) is 9.13 Å². The molecule has 2 aliphatic heterocycles. The van der Waals surface area contributed by atoms with Gasteiger partial charge in [0.15, 0.2) is 11.0 Å². The molecule has 2 aliphatic rings. The van der Waals surface area contributed by atoms with Crippen LogP contribution in [0.1, 0.15) is 61.8 Å². The van der Waals surface area contributed by atoms with Crippen LogP contribution in [0.5, 0.6) is 0 Å². The first-order valence-electron chi connectivity index (χ1n) is 16.5. The molecule has 0 N–H and O–H groups in total. The topological polar surface area (TPSA) is 17.6 Å². The van der Waals surface area contributed by atoms with Crippen molar-refractivity contribution in [3.05, 3.63) is 150 Å². The zero-order chi connectivity index (χ0) is 31.3. The minimum Gasteiger partial charge on any atom is -0.225 e. The maximum Gasteiger partial charge on any atom is 0.308 e. The van der Waals surface area contributed by atoms with Gasteiger partial charge in [0.2, 0.25) is 0 Å². The summed E-state index contributed by atoms with van der Waals surface area (Å²) in [5.74, 6) is 3.14. The number of fused-ring (bicyclic) bond motifs is 12. The average Bonchev–Trinajstić information content (AvgIpc) is 3.81. The maximum atomic E-state index is 2.60. The fourth-order valence-corrected chi connectivity index (χ4v) is 8.39. The van der Waals surface area contributed by atoms with Crippen molar-refractivity contribution in [2.24, 2.45) is 7.05 Å². The summed E-state index contributed by atoms with van der Waals surface area (Å²) in [6.07, 6.45) is 4.64. The van der Waals surface area contributed by atoms with Crippen LogP contribution in [0.4, 0.5) is 0 Å². The van der Waals surface area contributed by atoms with Crippen molar-refractivity contribution < 1.29 is 9.13 Å². The van der Waals surface area contributed by atoms with Crippen molar-refractivity contribution in [1.82, 2.24) is 9.13 Å². The lowest BCUT2D eigenvalue weighted by atomic mass is 9.88. The molecule has 7 aromatic rings. The van der Waals surface area contributed by atoms with Gasteiger partial charge in [-0.2, -0.15) is 13.7 Å². The molecular formula is C42H38N4+2. The molecule has 4 heterocycles. The van der Waals surface area contributed by atoms with Gasteiger partial charge >= 0.3 is 5.66 Å². The Morgan fingerprint density at radius 2 is 1.17 bits per heavy atom. The number of imidazole rings is 2. The summed E-state index contributed by atoms with van der Waals surface area (Å²) in [5, 5.41) is 0. The maximum absolute atomic E-state index is 2.60. The average molecular weight is 599 g/mol. The fourth-order valence-electron chi connectivity index (χ4n) is 8.39. The Balaban J connectivity index is 1.40. The van der Waals surface area contributed by atoms with Crippen LogP contribution in [0.25, 0.3) is 50.6 Å². The Hall–Kier alpha value is -5.22. The second-order valence-electron chi connectivity index (χ2n) is 13.5. The summed E-state index contributed by atoms with van der Waals surface area (Å²) in [5.41, 5.74) is 13.7. The van der Waals surface area contributed by atoms with E-state index in [4.69, 9.17) is 0 Å². The van der Waals surface area contributed by atoms with Crippen LogP contribution in [0, 0.1) is 0 Å². The highest BCUT2D eigenvalue weighted by Crippen LogP contribution is 2.53. The van der Waals surface area contributed by atoms with Gasteiger partial charge in [-0.15, -0.1) is 0 Å². The van der Waals surface area contributed by atoms with Gasteiger partial charge in [-0.05, 0) is 71.5 Å². The van der Waals surface area contributed by atoms with Gasteiger partial charge in [0.25, 0.3) is 11.6 Å². The van der Waals surface area contributed by atoms with Crippen LogP contribution in [-0.2, 0) is 12.7 Å². The Morgan fingerprint density at radius 3 is 1.83 bits per heavy atom. The molecular weight excluding hydrogens is 560 g/mol. The summed E-state index contributed by atoms with van der Waals surface area (Å²) < 4.78 is 10.0. The van der Waals surface area contributed by atoms with E-state index in [1.807, 2.05) is 0 Å². The van der Waals surface area contributed by atoms with E-state index < -0.39 is 5.66 Å². The van der Waals surface area contributed by atoms with E-state index in [0.717, 1.165) is 0 Å². The largest absolute Gasteiger partial charge is 0.308 e. The first-order valence-corrected chi connectivity index (χ1v) is 16.5. The van der Waals surface area contributed by atoms with Gasteiger partial charge in [0.05, 0.1) is 29.3 Å². The zero-order valence-corrected chi connectivity index (χ0v) is 27.1. The van der Waals surface area contributed by atoms with E-state index in [1.165, 1.54) is 72.9 Å². The molecule has 9 rings (SSSR count). The van der Waals surface area contributed by atoms with Crippen molar-refractivity contribution in [1.29, 1.82) is 0 Å². The van der Waals surface area contributed by atoms with Gasteiger partial charge < -0.3 is 0 Å². The minimum atomic E-state index is -0.552. The van der Waals surface area contributed by atoms with Crippen molar-refractivity contribution in [2.75, 3.05) is 0 Å². The predicted octanol–water partition coefficient (Wildman–Crippen LogP) is 8.72. The van der Waals surface area contributed by atoms with Crippen LogP contribution < -0.4 is 9.13 Å². The summed E-state index contributed by atoms with van der Waals surface area (Å²) in [6, 6.07) is 42.6. The first-order chi connectivity index (χ1) is 22.4. The molecule has 0 saturated heterocycles. The van der Waals surface area contributed by atoms with Gasteiger partial charge in [-0.1, -0.05) is 94.4 Å². The summed E-state index contributed by atoms with van der Waals surface area (Å²) >= 11 is 0. The lowest BCUT2D eigenvalue weighted by molar-refractivity contribution is -0.733. The molecule has 4 heteroatoms. The third kappa shape index (κ3) is 3.34. The van der Waals surface area contributed by atoms with Crippen molar-refractivity contribution in [3.8, 4) is 39.6 Å². The highest BCUT2D eigenvalue weighted by molar-refractivity contribution is 5.84. The molecule has 1 atom stereocenters. The molecule has 1 unspecified atom stereocenters. The number of benzene rings is 5. The van der Waals surface area contributed by atoms with Gasteiger partial charge in [-0.3, -0.25) is 0 Å². The van der Waals surface area contributed by atoms with Gasteiger partial charge in [-0.25, -0.2) is 4.57 Å². The minimum absolute atomic E-state index is 0.344. The van der Waals surface area contributed by atoms with Crippen molar-refractivity contribution in [2.45, 2.75) is 45.2 Å². The SMILES string of the molecule is CC(C)c1cc(-c2ccccc2)cc(C(C)C)c1-n1cc[n+]2c1-c1ccccc1C21c2ccccc2-c2n1c1ccccc1[n+]2C. The van der Waals surface area contributed by atoms with Crippen LogP contribution in [0.15, 0.2) is 128 Å². The van der Waals surface area contributed by atoms with Gasteiger partial charge in [0, 0.05) is 11.1 Å². The Bertz CT molecular complexity index is 2310. The van der Waals surface area contributed by atoms with Crippen LogP contribution in [0.3, 0.4) is 0 Å². The summed E-state index contributed by atoms with van der Waals surface area (Å²) in [6.45, 7) is 9.32. The summed E-state index contributed by atoms with van der Waals surface area (Å²) in [4.78, 5) is 0. The Morgan fingerprint density at radius 1 is 0.609 bits per heavy atom. The van der Waals surface area contributed by atoms with Crippen LogP contribution >= 0.6 is 0 Å². The number of rotatable bonds is 4. The highest BCUT2D eigenvalue weighted by Gasteiger charge is 2.64. The summed E-state index contributed by atoms with van der Waals surface area (Å²) in [7, 11) is 2.21. The number of hydrogen-bond acceptors (Lipinski definition) is 0. The number of hydrogen-bond donors (Lipinski definition) is 0. The molecule has 46 heavy (non-hydrogen) atoms. The molecule has 0 aliphatic carbocycles. The molecule has 2 aromatic heterocycles. The molecule has 0 fully saturated rings. The van der Waals surface area contributed by atoms with E-state index in [1.54, 1.807) is 0 Å². The number of para-hydroxylation sites is 2. The fraction of sp³-hybridized carbons (Fsp3) is 0.190. The molecule has 4 nitrogen and oxygen atoms in total. The molecule has 224 valence electrons. The number of nitrogens with zero attached hydrogens (tertiary/aromatic N) is 4. The van der Waals surface area contributed by atoms with E-state index in [-0.39, 0.29) is 0 Å². The second kappa shape index (κ2) is 9.64. The smallest absolute Gasteiger partial charge is 0.225 e. The molecule has 0 amide bonds. The number of aryl methyl sites for hydroxylation is 1. The lowest BCUT2D eigenvalue weighted by Gasteiger charge is -2.22. The molecule has 0 bridgehead atoms. The lowest BCUT2D eigenvalue weighted by Crippen LogP contribution is -2.58. The standard InChI is InChI=1S/C42H38N4/c1-27(2)33-25-30(29-15-7-6-8-16-29)26-34(28(3)4)39(33)44-23-24-45-41(44)32-18-10-12-20-36(32)42(45)35-19-11-9-17-31(35)40-43(5)37-21-13-14-22-38(37)46(40)42/h6-28H,1-5H3/q+2. The van der Waals surface area contributed by atoms with E-state index >= 15 is 0 Å². The predicted molar refractivity (Wildman–Crippen MR) is 185 cm³/mol.